The van der Waals surface area contributed by atoms with Crippen LogP contribution in [0.3, 0.4) is 0 Å². The number of hydrogen-bond donors (Lipinski definition) is 1. The second-order valence-corrected chi connectivity index (χ2v) is 14.1. The summed E-state index contributed by atoms with van der Waals surface area (Å²) in [6, 6.07) is 15.1. The zero-order chi connectivity index (χ0) is 33.1. The van der Waals surface area contributed by atoms with E-state index in [9.17, 15) is 14.7 Å². The Labute approximate surface area is 277 Å². The second kappa shape index (κ2) is 13.9. The normalized spacial score (nSPS) is 20.1. The summed E-state index contributed by atoms with van der Waals surface area (Å²) in [6.45, 7) is 11.4. The number of piperazine rings is 1. The van der Waals surface area contributed by atoms with E-state index in [0.717, 1.165) is 41.9 Å². The second-order valence-electron chi connectivity index (χ2n) is 14.1. The van der Waals surface area contributed by atoms with Crippen LogP contribution in [0, 0.1) is 0 Å². The third-order valence-corrected chi connectivity index (χ3v) is 9.59. The molecule has 3 aromatic rings. The van der Waals surface area contributed by atoms with Gasteiger partial charge in [-0.3, -0.25) is 4.90 Å². The molecule has 1 amide bonds. The first-order valence-electron chi connectivity index (χ1n) is 17.1. The Morgan fingerprint density at radius 1 is 0.936 bits per heavy atom. The van der Waals surface area contributed by atoms with Crippen LogP contribution in [0.4, 0.5) is 10.8 Å². The first kappa shape index (κ1) is 32.7. The van der Waals surface area contributed by atoms with Crippen molar-refractivity contribution >= 4 is 23.7 Å². The number of ether oxygens (including phenoxy) is 1. The van der Waals surface area contributed by atoms with E-state index >= 15 is 0 Å². The number of carbonyl (C=O) groups excluding carboxylic acids is 1. The quantitative estimate of drug-likeness (QED) is 0.276. The van der Waals surface area contributed by atoms with E-state index < -0.39 is 11.6 Å². The zero-order valence-corrected chi connectivity index (χ0v) is 28.1. The molecule has 0 unspecified atom stereocenters. The summed E-state index contributed by atoms with van der Waals surface area (Å²) in [7, 11) is 0. The lowest BCUT2D eigenvalue weighted by molar-refractivity contribution is 0.0270. The van der Waals surface area contributed by atoms with E-state index in [0.29, 0.717) is 49.0 Å². The number of carboxylic acids is 1. The number of nitrogens with zero attached hydrogens (tertiary/aromatic N) is 5. The predicted octanol–water partition coefficient (Wildman–Crippen LogP) is 7.36. The Morgan fingerprint density at radius 2 is 1.64 bits per heavy atom. The maximum Gasteiger partial charge on any atom is 0.410 e. The van der Waals surface area contributed by atoms with Crippen molar-refractivity contribution < 1.29 is 24.0 Å². The first-order chi connectivity index (χ1) is 22.6. The van der Waals surface area contributed by atoms with Crippen molar-refractivity contribution in [3.8, 4) is 22.5 Å². The lowest BCUT2D eigenvalue weighted by Crippen LogP contribution is -2.55. The van der Waals surface area contributed by atoms with E-state index in [2.05, 4.69) is 21.9 Å². The number of aromatic carboxylic acids is 1. The van der Waals surface area contributed by atoms with E-state index in [4.69, 9.17) is 14.2 Å². The molecule has 0 spiro atoms. The summed E-state index contributed by atoms with van der Waals surface area (Å²) in [5, 5.41) is 14.2. The van der Waals surface area contributed by atoms with Gasteiger partial charge in [-0.15, -0.1) is 0 Å². The molecule has 250 valence electrons. The van der Waals surface area contributed by atoms with Gasteiger partial charge in [0.2, 0.25) is 5.82 Å². The van der Waals surface area contributed by atoms with Gasteiger partial charge >= 0.3 is 18.1 Å². The third kappa shape index (κ3) is 7.70. The van der Waals surface area contributed by atoms with Gasteiger partial charge in [-0.05, 0) is 81.4 Å². The molecule has 2 aromatic carbocycles. The van der Waals surface area contributed by atoms with Crippen LogP contribution >= 0.6 is 0 Å². The highest BCUT2D eigenvalue weighted by Crippen LogP contribution is 2.33. The SMILES string of the molecule is C[C@H]1CN(c2nc(-c3ccc(-c4ccc(C(=O)O)c(C5=CCN(C(=O)OC(C)(C)C)CC5)c4)cc3)no2)CCN1C1CCCCCC1. The average molecular weight is 642 g/mol. The van der Waals surface area contributed by atoms with Crippen molar-refractivity contribution in [3.63, 3.8) is 0 Å². The number of benzene rings is 2. The maximum atomic E-state index is 12.5. The molecule has 2 aliphatic heterocycles. The highest BCUT2D eigenvalue weighted by Gasteiger charge is 2.32. The number of amides is 1. The predicted molar refractivity (Wildman–Crippen MR) is 182 cm³/mol. The Balaban J connectivity index is 1.13. The van der Waals surface area contributed by atoms with Gasteiger partial charge in [0.05, 0.1) is 5.56 Å². The molecule has 1 saturated carbocycles. The summed E-state index contributed by atoms with van der Waals surface area (Å²) in [5.41, 5.74) is 3.95. The fourth-order valence-corrected chi connectivity index (χ4v) is 7.13. The smallest absolute Gasteiger partial charge is 0.410 e. The summed E-state index contributed by atoms with van der Waals surface area (Å²) >= 11 is 0. The molecule has 0 bridgehead atoms. The number of carboxylic acid groups (broad SMARTS) is 1. The Morgan fingerprint density at radius 3 is 2.28 bits per heavy atom. The molecule has 10 heteroatoms. The molecular weight excluding hydrogens is 594 g/mol. The molecule has 1 aliphatic carbocycles. The highest BCUT2D eigenvalue weighted by atomic mass is 16.6. The van der Waals surface area contributed by atoms with Crippen LogP contribution in [-0.2, 0) is 4.74 Å². The summed E-state index contributed by atoms with van der Waals surface area (Å²) in [4.78, 5) is 36.0. The maximum absolute atomic E-state index is 12.5. The zero-order valence-electron chi connectivity index (χ0n) is 28.1. The number of rotatable bonds is 6. The first-order valence-corrected chi connectivity index (χ1v) is 17.1. The minimum Gasteiger partial charge on any atom is -0.478 e. The molecule has 1 saturated heterocycles. The summed E-state index contributed by atoms with van der Waals surface area (Å²) in [5.74, 6) is -0.431. The monoisotopic (exact) mass is 641 g/mol. The van der Waals surface area contributed by atoms with Crippen LogP contribution < -0.4 is 4.90 Å². The number of carbonyl (C=O) groups is 2. The van der Waals surface area contributed by atoms with E-state index in [1.54, 1.807) is 11.0 Å². The lowest BCUT2D eigenvalue weighted by atomic mass is 9.91. The van der Waals surface area contributed by atoms with Crippen molar-refractivity contribution in [2.75, 3.05) is 37.6 Å². The topological polar surface area (TPSA) is 112 Å². The van der Waals surface area contributed by atoms with E-state index in [1.807, 2.05) is 63.2 Å². The summed E-state index contributed by atoms with van der Waals surface area (Å²) < 4.78 is 11.2. The van der Waals surface area contributed by atoms with Gasteiger partial charge in [-0.2, -0.15) is 4.98 Å². The van der Waals surface area contributed by atoms with Gasteiger partial charge in [-0.1, -0.05) is 67.2 Å². The van der Waals surface area contributed by atoms with Crippen molar-refractivity contribution in [3.05, 3.63) is 59.7 Å². The van der Waals surface area contributed by atoms with Gasteiger partial charge in [-0.25, -0.2) is 9.59 Å². The van der Waals surface area contributed by atoms with Crippen LogP contribution in [0.2, 0.25) is 0 Å². The molecule has 47 heavy (non-hydrogen) atoms. The standard InChI is InChI=1S/C37H47N5O5/c1-25-24-41(21-22-42(25)30-9-7-5-6-8-10-30)35-38-33(39-47-35)28-13-11-26(12-14-28)29-15-16-31(34(43)44)32(23-29)27-17-19-40(20-18-27)36(45)46-37(2,3)4/h11-17,23,25,30H,5-10,18-22,24H2,1-4H3,(H,43,44)/t25-/m0/s1. The Bertz CT molecular complexity index is 1600. The van der Waals surface area contributed by atoms with E-state index in [1.165, 1.54) is 38.5 Å². The molecule has 1 N–H and O–H groups in total. The molecule has 1 aromatic heterocycles. The minimum absolute atomic E-state index is 0.242. The molecule has 2 fully saturated rings. The van der Waals surface area contributed by atoms with E-state index in [-0.39, 0.29) is 11.7 Å². The van der Waals surface area contributed by atoms with Gasteiger partial charge in [0.1, 0.15) is 5.60 Å². The van der Waals surface area contributed by atoms with Gasteiger partial charge < -0.3 is 24.2 Å². The van der Waals surface area contributed by atoms with Crippen molar-refractivity contribution in [1.29, 1.82) is 0 Å². The summed E-state index contributed by atoms with van der Waals surface area (Å²) in [6.07, 6.45) is 10.1. The largest absolute Gasteiger partial charge is 0.478 e. The molecule has 6 rings (SSSR count). The lowest BCUT2D eigenvalue weighted by Gasteiger charge is -2.43. The number of aromatic nitrogens is 2. The van der Waals surface area contributed by atoms with Gasteiger partial charge in [0.15, 0.2) is 0 Å². The molecule has 3 heterocycles. The molecular formula is C37H47N5O5. The fourth-order valence-electron chi connectivity index (χ4n) is 7.13. The van der Waals surface area contributed by atoms with Crippen LogP contribution in [0.5, 0.6) is 0 Å². The van der Waals surface area contributed by atoms with Crippen LogP contribution in [0.15, 0.2) is 53.1 Å². The minimum atomic E-state index is -0.981. The van der Waals surface area contributed by atoms with Gasteiger partial charge in [0.25, 0.3) is 0 Å². The Kier molecular flexibility index (Phi) is 9.68. The Hall–Kier alpha value is -4.18. The molecule has 1 atom stereocenters. The van der Waals surface area contributed by atoms with Crippen molar-refractivity contribution in [2.45, 2.75) is 90.3 Å². The fraction of sp³-hybridized carbons (Fsp3) is 0.514. The number of hydrogen-bond acceptors (Lipinski definition) is 8. The number of anilines is 1. The highest BCUT2D eigenvalue weighted by molar-refractivity contribution is 5.95. The van der Waals surface area contributed by atoms with Crippen LogP contribution in [0.1, 0.15) is 88.6 Å². The molecule has 0 radical (unpaired) electrons. The third-order valence-electron chi connectivity index (χ3n) is 9.59. The molecule has 3 aliphatic rings. The average Bonchev–Trinajstić information content (AvgIpc) is 3.40. The van der Waals surface area contributed by atoms with Crippen molar-refractivity contribution in [1.82, 2.24) is 19.9 Å². The molecule has 10 nitrogen and oxygen atoms in total. The van der Waals surface area contributed by atoms with Crippen molar-refractivity contribution in [2.24, 2.45) is 0 Å². The van der Waals surface area contributed by atoms with Crippen LogP contribution in [0.25, 0.3) is 28.1 Å². The van der Waals surface area contributed by atoms with Crippen LogP contribution in [-0.4, -0.2) is 87.5 Å². The van der Waals surface area contributed by atoms with Gasteiger partial charge in [0, 0.05) is 50.4 Å².